The van der Waals surface area contributed by atoms with E-state index in [1.807, 2.05) is 54.6 Å². The molecule has 3 aromatic rings. The van der Waals surface area contributed by atoms with Crippen LogP contribution in [0.5, 0.6) is 0 Å². The molecule has 4 nitrogen and oxygen atoms in total. The molecule has 0 bridgehead atoms. The van der Waals surface area contributed by atoms with Crippen molar-refractivity contribution in [3.8, 4) is 0 Å². The minimum atomic E-state index is -0.469. The normalized spacial score (nSPS) is 10.6. The summed E-state index contributed by atoms with van der Waals surface area (Å²) in [6.45, 7) is 0.224. The highest BCUT2D eigenvalue weighted by atomic mass is 79.9. The highest BCUT2D eigenvalue weighted by Crippen LogP contribution is 2.36. The Kier molecular flexibility index (Phi) is 4.15. The number of carbonyl (C=O) groups excluding carboxylic acids is 1. The maximum atomic E-state index is 12.2. The number of para-hydroxylation sites is 1. The summed E-state index contributed by atoms with van der Waals surface area (Å²) < 4.78 is 11.8. The Morgan fingerprint density at radius 1 is 1.14 bits per heavy atom. The minimum Gasteiger partial charge on any atom is -0.444 e. The molecule has 0 atom stereocenters. The molecule has 0 unspecified atom stereocenters. The number of nitrogens with zero attached hydrogens (tertiary/aromatic N) is 1. The van der Waals surface area contributed by atoms with Crippen molar-refractivity contribution in [2.45, 2.75) is 6.61 Å². The lowest BCUT2D eigenvalue weighted by molar-refractivity contribution is 0.147. The minimum absolute atomic E-state index is 0.224. The standard InChI is InChI=1S/C17H14BrNO3/c1-19(17(20)21-11-12-7-3-2-4-8-12)16-15(18)13-9-5-6-10-14(13)22-16/h2-10H,11H2,1H3. The van der Waals surface area contributed by atoms with Crippen LogP contribution in [0.25, 0.3) is 11.0 Å². The summed E-state index contributed by atoms with van der Waals surface area (Å²) in [5.41, 5.74) is 1.65. The molecule has 0 saturated carbocycles. The van der Waals surface area contributed by atoms with Crippen LogP contribution in [0.4, 0.5) is 10.7 Å². The fourth-order valence-corrected chi connectivity index (χ4v) is 2.79. The molecule has 5 heteroatoms. The molecule has 22 heavy (non-hydrogen) atoms. The fraction of sp³-hybridized carbons (Fsp3) is 0.118. The summed E-state index contributed by atoms with van der Waals surface area (Å²) in [7, 11) is 1.62. The Hall–Kier alpha value is -2.27. The number of anilines is 1. The number of fused-ring (bicyclic) bond motifs is 1. The second kappa shape index (κ2) is 6.23. The average molecular weight is 360 g/mol. The number of benzene rings is 2. The molecule has 0 radical (unpaired) electrons. The highest BCUT2D eigenvalue weighted by molar-refractivity contribution is 9.10. The van der Waals surface area contributed by atoms with E-state index >= 15 is 0 Å². The molecule has 1 heterocycles. The highest BCUT2D eigenvalue weighted by Gasteiger charge is 2.21. The zero-order valence-corrected chi connectivity index (χ0v) is 13.5. The number of hydrogen-bond acceptors (Lipinski definition) is 3. The second-order valence-electron chi connectivity index (χ2n) is 4.82. The van der Waals surface area contributed by atoms with E-state index in [2.05, 4.69) is 15.9 Å². The van der Waals surface area contributed by atoms with E-state index in [4.69, 9.17) is 9.15 Å². The molecule has 0 N–H and O–H groups in total. The predicted octanol–water partition coefficient (Wildman–Crippen LogP) is 4.97. The number of furan rings is 1. The van der Waals surface area contributed by atoms with Gasteiger partial charge in [-0.05, 0) is 33.6 Å². The van der Waals surface area contributed by atoms with Crippen molar-refractivity contribution in [1.82, 2.24) is 0 Å². The number of amides is 1. The molecule has 0 aliphatic heterocycles. The van der Waals surface area contributed by atoms with Crippen molar-refractivity contribution in [2.75, 3.05) is 11.9 Å². The SMILES string of the molecule is CN(C(=O)OCc1ccccc1)c1oc2ccccc2c1Br. The van der Waals surface area contributed by atoms with Crippen molar-refractivity contribution < 1.29 is 13.9 Å². The molecule has 1 aromatic heterocycles. The van der Waals surface area contributed by atoms with Gasteiger partial charge in [0, 0.05) is 12.4 Å². The van der Waals surface area contributed by atoms with Crippen molar-refractivity contribution in [3.05, 3.63) is 64.6 Å². The maximum Gasteiger partial charge on any atom is 0.416 e. The summed E-state index contributed by atoms with van der Waals surface area (Å²) >= 11 is 3.47. The summed E-state index contributed by atoms with van der Waals surface area (Å²) in [5.74, 6) is 0.430. The fourth-order valence-electron chi connectivity index (χ4n) is 2.12. The molecule has 3 rings (SSSR count). The van der Waals surface area contributed by atoms with E-state index in [9.17, 15) is 4.79 Å². The number of hydrogen-bond donors (Lipinski definition) is 0. The molecule has 112 valence electrons. The topological polar surface area (TPSA) is 42.7 Å². The van der Waals surface area contributed by atoms with Gasteiger partial charge in [-0.15, -0.1) is 0 Å². The molecular formula is C17H14BrNO3. The third kappa shape index (κ3) is 2.85. The van der Waals surface area contributed by atoms with Crippen LogP contribution in [0.15, 0.2) is 63.5 Å². The van der Waals surface area contributed by atoms with Gasteiger partial charge in [0.2, 0.25) is 5.88 Å². The summed E-state index contributed by atoms with van der Waals surface area (Å²) in [4.78, 5) is 13.5. The number of rotatable bonds is 3. The summed E-state index contributed by atoms with van der Waals surface area (Å²) in [6, 6.07) is 17.1. The molecule has 0 aliphatic rings. The zero-order valence-electron chi connectivity index (χ0n) is 12.0. The van der Waals surface area contributed by atoms with Gasteiger partial charge in [-0.2, -0.15) is 0 Å². The molecule has 2 aromatic carbocycles. The van der Waals surface area contributed by atoms with Crippen LogP contribution >= 0.6 is 15.9 Å². The first kappa shape index (κ1) is 14.7. The van der Waals surface area contributed by atoms with E-state index < -0.39 is 6.09 Å². The second-order valence-corrected chi connectivity index (χ2v) is 5.61. The Morgan fingerprint density at radius 2 is 1.82 bits per heavy atom. The number of halogens is 1. The third-order valence-electron chi connectivity index (χ3n) is 3.30. The molecule has 1 amide bonds. The van der Waals surface area contributed by atoms with Gasteiger partial charge in [0.25, 0.3) is 0 Å². The van der Waals surface area contributed by atoms with Gasteiger partial charge in [0.05, 0.1) is 4.47 Å². The van der Waals surface area contributed by atoms with E-state index in [-0.39, 0.29) is 6.61 Å². The van der Waals surface area contributed by atoms with Crippen molar-refractivity contribution >= 4 is 38.9 Å². The molecule has 0 spiro atoms. The van der Waals surface area contributed by atoms with E-state index in [0.29, 0.717) is 11.5 Å². The smallest absolute Gasteiger partial charge is 0.416 e. The molecular weight excluding hydrogens is 346 g/mol. The van der Waals surface area contributed by atoms with Gasteiger partial charge in [-0.3, -0.25) is 0 Å². The first-order valence-electron chi connectivity index (χ1n) is 6.78. The lowest BCUT2D eigenvalue weighted by atomic mass is 10.2. The van der Waals surface area contributed by atoms with Gasteiger partial charge >= 0.3 is 6.09 Å². The lowest BCUT2D eigenvalue weighted by Crippen LogP contribution is -2.26. The van der Waals surface area contributed by atoms with E-state index in [1.165, 1.54) is 4.90 Å². The van der Waals surface area contributed by atoms with Crippen molar-refractivity contribution in [1.29, 1.82) is 0 Å². The third-order valence-corrected chi connectivity index (χ3v) is 4.07. The monoisotopic (exact) mass is 359 g/mol. The Bertz CT molecular complexity index is 798. The zero-order chi connectivity index (χ0) is 15.5. The molecule has 0 aliphatic carbocycles. The Balaban J connectivity index is 1.76. The first-order chi connectivity index (χ1) is 10.7. The van der Waals surface area contributed by atoms with Gasteiger partial charge < -0.3 is 9.15 Å². The Morgan fingerprint density at radius 3 is 2.55 bits per heavy atom. The van der Waals surface area contributed by atoms with Gasteiger partial charge in [0.15, 0.2) is 0 Å². The number of ether oxygens (including phenoxy) is 1. The molecule has 0 saturated heterocycles. The van der Waals surface area contributed by atoms with Crippen molar-refractivity contribution in [3.63, 3.8) is 0 Å². The van der Waals surface area contributed by atoms with Crippen molar-refractivity contribution in [2.24, 2.45) is 0 Å². The predicted molar refractivity (Wildman–Crippen MR) is 88.9 cm³/mol. The average Bonchev–Trinajstić information content (AvgIpc) is 2.90. The lowest BCUT2D eigenvalue weighted by Gasteiger charge is -2.14. The van der Waals surface area contributed by atoms with E-state index in [1.54, 1.807) is 7.05 Å². The van der Waals surface area contributed by atoms with Crippen LogP contribution < -0.4 is 4.90 Å². The van der Waals surface area contributed by atoms with Crippen LogP contribution in [0.3, 0.4) is 0 Å². The largest absolute Gasteiger partial charge is 0.444 e. The summed E-state index contributed by atoms with van der Waals surface area (Å²) in [6.07, 6.45) is -0.469. The van der Waals surface area contributed by atoms with Crippen LogP contribution in [-0.2, 0) is 11.3 Å². The van der Waals surface area contributed by atoms with Crippen LogP contribution in [0, 0.1) is 0 Å². The molecule has 0 fully saturated rings. The quantitative estimate of drug-likeness (QED) is 0.662. The van der Waals surface area contributed by atoms with Gasteiger partial charge in [0.1, 0.15) is 12.2 Å². The first-order valence-corrected chi connectivity index (χ1v) is 7.57. The van der Waals surface area contributed by atoms with Gasteiger partial charge in [-0.1, -0.05) is 42.5 Å². The van der Waals surface area contributed by atoms with Crippen LogP contribution in [-0.4, -0.2) is 13.1 Å². The van der Waals surface area contributed by atoms with Crippen LogP contribution in [0.2, 0.25) is 0 Å². The maximum absolute atomic E-state index is 12.2. The van der Waals surface area contributed by atoms with Gasteiger partial charge in [-0.25, -0.2) is 9.69 Å². The van der Waals surface area contributed by atoms with E-state index in [0.717, 1.165) is 15.4 Å². The van der Waals surface area contributed by atoms with Crippen LogP contribution in [0.1, 0.15) is 5.56 Å². The summed E-state index contributed by atoms with van der Waals surface area (Å²) in [5, 5.41) is 0.917. The number of carbonyl (C=O) groups is 1. The Labute approximate surface area is 136 Å².